The van der Waals surface area contributed by atoms with E-state index in [9.17, 15) is 9.59 Å². The van der Waals surface area contributed by atoms with Gasteiger partial charge in [-0.3, -0.25) is 4.79 Å². The molecule has 0 saturated heterocycles. The van der Waals surface area contributed by atoms with Crippen LogP contribution in [0, 0.1) is 13.8 Å². The largest absolute Gasteiger partial charge is 0.483 e. The lowest BCUT2D eigenvalue weighted by Gasteiger charge is -2.10. The zero-order chi connectivity index (χ0) is 18.0. The van der Waals surface area contributed by atoms with Crippen LogP contribution in [0.25, 0.3) is 11.0 Å². The van der Waals surface area contributed by atoms with E-state index in [1.807, 2.05) is 13.8 Å². The average Bonchev–Trinajstić information content (AvgIpc) is 2.53. The summed E-state index contributed by atoms with van der Waals surface area (Å²) in [6.07, 6.45) is 0. The fourth-order valence-electron chi connectivity index (χ4n) is 2.52. The predicted octanol–water partition coefficient (Wildman–Crippen LogP) is 4.08. The first-order chi connectivity index (χ1) is 11.9. The SMILES string of the molecule is Cc1cc(Cl)ccc1OCC(=O)Nc1ccc2c(C)cc(=O)oc2c1. The zero-order valence-corrected chi connectivity index (χ0v) is 14.5. The van der Waals surface area contributed by atoms with E-state index in [-0.39, 0.29) is 12.5 Å². The van der Waals surface area contributed by atoms with Crippen LogP contribution in [0.5, 0.6) is 5.75 Å². The molecule has 5 nitrogen and oxygen atoms in total. The molecular formula is C19H16ClNO4. The number of anilines is 1. The van der Waals surface area contributed by atoms with Gasteiger partial charge >= 0.3 is 5.63 Å². The highest BCUT2D eigenvalue weighted by molar-refractivity contribution is 6.30. The Morgan fingerprint density at radius 1 is 1.12 bits per heavy atom. The molecule has 0 aliphatic heterocycles. The van der Waals surface area contributed by atoms with Crippen molar-refractivity contribution in [2.24, 2.45) is 0 Å². The van der Waals surface area contributed by atoms with Gasteiger partial charge in [0.1, 0.15) is 11.3 Å². The third-order valence-corrected chi connectivity index (χ3v) is 3.97. The molecule has 25 heavy (non-hydrogen) atoms. The highest BCUT2D eigenvalue weighted by atomic mass is 35.5. The summed E-state index contributed by atoms with van der Waals surface area (Å²) in [6, 6.07) is 11.8. The summed E-state index contributed by atoms with van der Waals surface area (Å²) in [5, 5.41) is 4.16. The normalized spacial score (nSPS) is 10.7. The second kappa shape index (κ2) is 6.99. The van der Waals surface area contributed by atoms with Crippen LogP contribution in [-0.2, 0) is 4.79 Å². The molecule has 1 aromatic heterocycles. The molecule has 2 aromatic carbocycles. The molecule has 0 aliphatic rings. The Morgan fingerprint density at radius 2 is 1.92 bits per heavy atom. The van der Waals surface area contributed by atoms with Crippen LogP contribution in [0.15, 0.2) is 51.7 Å². The molecule has 3 aromatic rings. The molecule has 3 rings (SSSR count). The van der Waals surface area contributed by atoms with Crippen molar-refractivity contribution in [2.75, 3.05) is 11.9 Å². The third-order valence-electron chi connectivity index (χ3n) is 3.73. The van der Waals surface area contributed by atoms with E-state index in [0.717, 1.165) is 16.5 Å². The van der Waals surface area contributed by atoms with Gasteiger partial charge in [-0.05, 0) is 55.3 Å². The van der Waals surface area contributed by atoms with Crippen molar-refractivity contribution in [1.82, 2.24) is 0 Å². The van der Waals surface area contributed by atoms with Crippen molar-refractivity contribution < 1.29 is 13.9 Å². The summed E-state index contributed by atoms with van der Waals surface area (Å²) >= 11 is 5.89. The summed E-state index contributed by atoms with van der Waals surface area (Å²) in [4.78, 5) is 23.5. The first kappa shape index (κ1) is 17.0. The molecule has 128 valence electrons. The molecule has 0 aliphatic carbocycles. The number of carbonyl (C=O) groups is 1. The van der Waals surface area contributed by atoms with Crippen molar-refractivity contribution in [3.63, 3.8) is 0 Å². The smallest absolute Gasteiger partial charge is 0.336 e. The maximum absolute atomic E-state index is 12.1. The number of hydrogen-bond acceptors (Lipinski definition) is 4. The van der Waals surface area contributed by atoms with Crippen LogP contribution in [-0.4, -0.2) is 12.5 Å². The lowest BCUT2D eigenvalue weighted by Crippen LogP contribution is -2.20. The van der Waals surface area contributed by atoms with Gasteiger partial charge in [0.25, 0.3) is 5.91 Å². The lowest BCUT2D eigenvalue weighted by atomic mass is 10.1. The van der Waals surface area contributed by atoms with Crippen LogP contribution in [0.1, 0.15) is 11.1 Å². The fraction of sp³-hybridized carbons (Fsp3) is 0.158. The fourth-order valence-corrected chi connectivity index (χ4v) is 2.74. The molecule has 6 heteroatoms. The summed E-state index contributed by atoms with van der Waals surface area (Å²) < 4.78 is 10.7. The van der Waals surface area contributed by atoms with Gasteiger partial charge in [0.15, 0.2) is 6.61 Å². The monoisotopic (exact) mass is 357 g/mol. The maximum Gasteiger partial charge on any atom is 0.336 e. The maximum atomic E-state index is 12.1. The number of benzene rings is 2. The Hall–Kier alpha value is -2.79. The lowest BCUT2D eigenvalue weighted by molar-refractivity contribution is -0.118. The van der Waals surface area contributed by atoms with Crippen molar-refractivity contribution in [1.29, 1.82) is 0 Å². The second-order valence-corrected chi connectivity index (χ2v) is 6.14. The topological polar surface area (TPSA) is 68.5 Å². The number of carbonyl (C=O) groups excluding carboxylic acids is 1. The van der Waals surface area contributed by atoms with Crippen LogP contribution in [0.4, 0.5) is 5.69 Å². The van der Waals surface area contributed by atoms with Gasteiger partial charge in [0.2, 0.25) is 0 Å². The van der Waals surface area contributed by atoms with E-state index in [0.29, 0.717) is 22.0 Å². The predicted molar refractivity (Wildman–Crippen MR) is 97.5 cm³/mol. The Kier molecular flexibility index (Phi) is 4.76. The first-order valence-corrected chi connectivity index (χ1v) is 8.03. The van der Waals surface area contributed by atoms with E-state index in [1.54, 1.807) is 36.4 Å². The van der Waals surface area contributed by atoms with Gasteiger partial charge in [-0.15, -0.1) is 0 Å². The molecule has 0 atom stereocenters. The van der Waals surface area contributed by atoms with Gasteiger partial charge in [-0.2, -0.15) is 0 Å². The minimum atomic E-state index is -0.421. The highest BCUT2D eigenvalue weighted by Gasteiger charge is 2.08. The first-order valence-electron chi connectivity index (χ1n) is 7.66. The molecule has 0 unspecified atom stereocenters. The molecule has 0 bridgehead atoms. The van der Waals surface area contributed by atoms with Gasteiger partial charge in [-0.1, -0.05) is 11.6 Å². The van der Waals surface area contributed by atoms with E-state index >= 15 is 0 Å². The highest BCUT2D eigenvalue weighted by Crippen LogP contribution is 2.22. The molecular weight excluding hydrogens is 342 g/mol. The van der Waals surface area contributed by atoms with Crippen molar-refractivity contribution in [2.45, 2.75) is 13.8 Å². The van der Waals surface area contributed by atoms with Gasteiger partial charge in [0.05, 0.1) is 0 Å². The molecule has 1 N–H and O–H groups in total. The van der Waals surface area contributed by atoms with Gasteiger partial charge in [-0.25, -0.2) is 4.79 Å². The number of halogens is 1. The standard InChI is InChI=1S/C19H16ClNO4/c1-11-8-19(23)25-17-9-14(4-5-15(11)17)21-18(22)10-24-16-6-3-13(20)7-12(16)2/h3-9H,10H2,1-2H3,(H,21,22). The molecule has 0 spiro atoms. The number of nitrogens with one attached hydrogen (secondary N) is 1. The molecule has 1 heterocycles. The third kappa shape index (κ3) is 4.00. The van der Waals surface area contributed by atoms with E-state index in [1.165, 1.54) is 6.07 Å². The second-order valence-electron chi connectivity index (χ2n) is 5.71. The van der Waals surface area contributed by atoms with Crippen molar-refractivity contribution in [3.8, 4) is 5.75 Å². The molecule has 0 radical (unpaired) electrons. The Morgan fingerprint density at radius 3 is 2.68 bits per heavy atom. The Balaban J connectivity index is 1.70. The minimum Gasteiger partial charge on any atom is -0.483 e. The molecule has 0 saturated carbocycles. The minimum absolute atomic E-state index is 0.141. The van der Waals surface area contributed by atoms with E-state index < -0.39 is 5.63 Å². The summed E-state index contributed by atoms with van der Waals surface area (Å²) in [7, 11) is 0. The van der Waals surface area contributed by atoms with E-state index in [4.69, 9.17) is 20.8 Å². The van der Waals surface area contributed by atoms with Gasteiger partial charge < -0.3 is 14.5 Å². The zero-order valence-electron chi connectivity index (χ0n) is 13.8. The van der Waals surface area contributed by atoms with Crippen LogP contribution in [0.3, 0.4) is 0 Å². The number of amides is 1. The van der Waals surface area contributed by atoms with Crippen molar-refractivity contribution >= 4 is 34.2 Å². The Labute approximate surface area is 149 Å². The average molecular weight is 358 g/mol. The van der Waals surface area contributed by atoms with E-state index in [2.05, 4.69) is 5.32 Å². The van der Waals surface area contributed by atoms with Crippen LogP contribution in [0.2, 0.25) is 5.02 Å². The quantitative estimate of drug-likeness (QED) is 0.714. The summed E-state index contributed by atoms with van der Waals surface area (Å²) in [5.74, 6) is 0.281. The van der Waals surface area contributed by atoms with Crippen molar-refractivity contribution in [3.05, 3.63) is 69.0 Å². The number of fused-ring (bicyclic) bond motifs is 1. The molecule has 0 fully saturated rings. The van der Waals surface area contributed by atoms with Crippen LogP contribution < -0.4 is 15.7 Å². The number of ether oxygens (including phenoxy) is 1. The molecule has 1 amide bonds. The Bertz CT molecular complexity index is 1010. The van der Waals surface area contributed by atoms with Crippen LogP contribution >= 0.6 is 11.6 Å². The number of hydrogen-bond donors (Lipinski definition) is 1. The van der Waals surface area contributed by atoms with Gasteiger partial charge in [0, 0.05) is 28.2 Å². The summed E-state index contributed by atoms with van der Waals surface area (Å²) in [5.41, 5.74) is 2.21. The summed E-state index contributed by atoms with van der Waals surface area (Å²) in [6.45, 7) is 3.55. The number of rotatable bonds is 4. The number of aryl methyl sites for hydroxylation is 2.